The van der Waals surface area contributed by atoms with E-state index >= 15 is 0 Å². The molecule has 0 bridgehead atoms. The summed E-state index contributed by atoms with van der Waals surface area (Å²) in [5.41, 5.74) is 6.74. The van der Waals surface area contributed by atoms with E-state index in [0.29, 0.717) is 5.56 Å². The fraction of sp³-hybridized carbons (Fsp3) is 0.500. The van der Waals surface area contributed by atoms with Crippen LogP contribution >= 0.6 is 0 Å². The van der Waals surface area contributed by atoms with E-state index in [-0.39, 0.29) is 0 Å². The van der Waals surface area contributed by atoms with Gasteiger partial charge in [-0.2, -0.15) is 26.3 Å². The summed E-state index contributed by atoms with van der Waals surface area (Å²) in [7, 11) is 0. The van der Waals surface area contributed by atoms with Crippen molar-refractivity contribution < 1.29 is 31.1 Å². The van der Waals surface area contributed by atoms with Crippen molar-refractivity contribution in [3.8, 4) is 0 Å². The zero-order valence-corrected chi connectivity index (χ0v) is 10.4. The van der Waals surface area contributed by atoms with E-state index in [2.05, 4.69) is 4.74 Å². The van der Waals surface area contributed by atoms with Gasteiger partial charge in [0.2, 0.25) is 6.10 Å². The van der Waals surface area contributed by atoms with Gasteiger partial charge in [-0.15, -0.1) is 0 Å². The van der Waals surface area contributed by atoms with Crippen molar-refractivity contribution in [1.29, 1.82) is 0 Å². The van der Waals surface area contributed by atoms with Crippen LogP contribution in [-0.2, 0) is 4.74 Å². The standard InChI is InChI=1S/C12H13F6NO/c1-7-3-2-4-8(5-7)9(19)6-20-10(11(13,14)15)12(16,17)18/h2-5,9-10H,6,19H2,1H3. The third-order valence-corrected chi connectivity index (χ3v) is 2.51. The Morgan fingerprint density at radius 2 is 1.65 bits per heavy atom. The third kappa shape index (κ3) is 4.68. The van der Waals surface area contributed by atoms with Crippen molar-refractivity contribution in [2.75, 3.05) is 6.61 Å². The highest BCUT2D eigenvalue weighted by molar-refractivity contribution is 5.24. The highest BCUT2D eigenvalue weighted by Gasteiger charge is 2.58. The van der Waals surface area contributed by atoms with Crippen LogP contribution in [0, 0.1) is 6.92 Å². The lowest BCUT2D eigenvalue weighted by Gasteiger charge is -2.24. The first-order valence-corrected chi connectivity index (χ1v) is 5.59. The maximum Gasteiger partial charge on any atom is 0.423 e. The van der Waals surface area contributed by atoms with Gasteiger partial charge < -0.3 is 10.5 Å². The van der Waals surface area contributed by atoms with Crippen LogP contribution in [0.5, 0.6) is 0 Å². The maximum atomic E-state index is 12.2. The van der Waals surface area contributed by atoms with Crippen LogP contribution in [-0.4, -0.2) is 25.1 Å². The van der Waals surface area contributed by atoms with E-state index in [1.165, 1.54) is 6.07 Å². The Morgan fingerprint density at radius 3 is 2.10 bits per heavy atom. The minimum absolute atomic E-state index is 0.410. The van der Waals surface area contributed by atoms with E-state index in [4.69, 9.17) is 5.73 Å². The zero-order valence-electron chi connectivity index (χ0n) is 10.4. The molecule has 0 saturated carbocycles. The molecule has 0 aliphatic carbocycles. The summed E-state index contributed by atoms with van der Waals surface area (Å²) >= 11 is 0. The number of hydrogen-bond acceptors (Lipinski definition) is 2. The summed E-state index contributed by atoms with van der Waals surface area (Å²) in [5, 5.41) is 0. The van der Waals surface area contributed by atoms with Gasteiger partial charge in [0.05, 0.1) is 12.6 Å². The topological polar surface area (TPSA) is 35.2 Å². The van der Waals surface area contributed by atoms with Crippen LogP contribution in [0.15, 0.2) is 24.3 Å². The van der Waals surface area contributed by atoms with Crippen LogP contribution in [0.4, 0.5) is 26.3 Å². The monoisotopic (exact) mass is 301 g/mol. The number of hydrogen-bond donors (Lipinski definition) is 1. The zero-order chi connectivity index (χ0) is 15.6. The fourth-order valence-corrected chi connectivity index (χ4v) is 1.57. The minimum Gasteiger partial charge on any atom is -0.359 e. The summed E-state index contributed by atoms with van der Waals surface area (Å²) < 4.78 is 77.4. The quantitative estimate of drug-likeness (QED) is 0.864. The molecule has 1 unspecified atom stereocenters. The molecule has 0 fully saturated rings. The fourth-order valence-electron chi connectivity index (χ4n) is 1.57. The lowest BCUT2D eigenvalue weighted by molar-refractivity contribution is -0.322. The molecule has 1 aromatic rings. The summed E-state index contributed by atoms with van der Waals surface area (Å²) in [6, 6.07) is 5.35. The Hall–Kier alpha value is -1.28. The normalized spacial score (nSPS) is 14.7. The van der Waals surface area contributed by atoms with Crippen LogP contribution in [0.2, 0.25) is 0 Å². The molecular formula is C12H13F6NO. The second-order valence-corrected chi connectivity index (χ2v) is 4.32. The molecule has 0 aliphatic heterocycles. The minimum atomic E-state index is -5.52. The third-order valence-electron chi connectivity index (χ3n) is 2.51. The number of alkyl halides is 6. The molecule has 2 N–H and O–H groups in total. The van der Waals surface area contributed by atoms with E-state index < -0.39 is 31.1 Å². The van der Waals surface area contributed by atoms with Gasteiger partial charge in [-0.25, -0.2) is 0 Å². The Balaban J connectivity index is 2.73. The average molecular weight is 301 g/mol. The molecular weight excluding hydrogens is 288 g/mol. The molecule has 1 aromatic carbocycles. The van der Waals surface area contributed by atoms with Crippen LogP contribution in [0.25, 0.3) is 0 Å². The van der Waals surface area contributed by atoms with E-state index in [0.717, 1.165) is 5.56 Å². The van der Waals surface area contributed by atoms with Crippen LogP contribution in [0.1, 0.15) is 17.2 Å². The van der Waals surface area contributed by atoms with Crippen LogP contribution < -0.4 is 5.73 Å². The van der Waals surface area contributed by atoms with Crippen molar-refractivity contribution >= 4 is 0 Å². The van der Waals surface area contributed by atoms with Crippen molar-refractivity contribution in [3.05, 3.63) is 35.4 Å². The van der Waals surface area contributed by atoms with Gasteiger partial charge in [0.25, 0.3) is 0 Å². The lowest BCUT2D eigenvalue weighted by atomic mass is 10.1. The number of halogens is 6. The highest BCUT2D eigenvalue weighted by Crippen LogP contribution is 2.36. The predicted octanol–water partition coefficient (Wildman–Crippen LogP) is 3.50. The number of rotatable bonds is 4. The first-order chi connectivity index (χ1) is 9.01. The van der Waals surface area contributed by atoms with Gasteiger partial charge >= 0.3 is 12.4 Å². The number of aryl methyl sites for hydroxylation is 1. The summed E-state index contributed by atoms with van der Waals surface area (Å²) in [6.45, 7) is 0.846. The predicted molar refractivity (Wildman–Crippen MR) is 60.0 cm³/mol. The molecule has 20 heavy (non-hydrogen) atoms. The van der Waals surface area contributed by atoms with Crippen molar-refractivity contribution in [2.45, 2.75) is 31.4 Å². The highest BCUT2D eigenvalue weighted by atomic mass is 19.4. The summed E-state index contributed by atoms with van der Waals surface area (Å²) in [6.07, 6.45) is -14.9. The Labute approximate surface area is 111 Å². The molecule has 8 heteroatoms. The smallest absolute Gasteiger partial charge is 0.359 e. The van der Waals surface area contributed by atoms with Crippen molar-refractivity contribution in [3.63, 3.8) is 0 Å². The lowest BCUT2D eigenvalue weighted by Crippen LogP contribution is -2.45. The molecule has 2 nitrogen and oxygen atoms in total. The van der Waals surface area contributed by atoms with E-state index in [9.17, 15) is 26.3 Å². The Kier molecular flexibility index (Phi) is 5.04. The molecule has 0 saturated heterocycles. The van der Waals surface area contributed by atoms with Gasteiger partial charge in [0, 0.05) is 0 Å². The second-order valence-electron chi connectivity index (χ2n) is 4.32. The summed E-state index contributed by atoms with van der Waals surface area (Å²) in [4.78, 5) is 0. The molecule has 0 aromatic heterocycles. The number of ether oxygens (including phenoxy) is 1. The van der Waals surface area contributed by atoms with Gasteiger partial charge in [-0.3, -0.25) is 0 Å². The summed E-state index contributed by atoms with van der Waals surface area (Å²) in [5.74, 6) is 0. The van der Waals surface area contributed by atoms with Gasteiger partial charge in [0.1, 0.15) is 0 Å². The van der Waals surface area contributed by atoms with Crippen molar-refractivity contribution in [2.24, 2.45) is 5.73 Å². The molecule has 114 valence electrons. The molecule has 0 amide bonds. The molecule has 0 spiro atoms. The first-order valence-electron chi connectivity index (χ1n) is 5.59. The largest absolute Gasteiger partial charge is 0.423 e. The number of benzene rings is 1. The van der Waals surface area contributed by atoms with Crippen molar-refractivity contribution in [1.82, 2.24) is 0 Å². The Bertz CT molecular complexity index is 428. The molecule has 0 aliphatic rings. The first kappa shape index (κ1) is 16.8. The van der Waals surface area contributed by atoms with Crippen LogP contribution in [0.3, 0.4) is 0 Å². The molecule has 1 rings (SSSR count). The van der Waals surface area contributed by atoms with Gasteiger partial charge in [-0.1, -0.05) is 29.8 Å². The SMILES string of the molecule is Cc1cccc(C(N)COC(C(F)(F)F)C(F)(F)F)c1. The molecule has 0 radical (unpaired) electrons. The molecule has 0 heterocycles. The van der Waals surface area contributed by atoms with Gasteiger partial charge in [0.15, 0.2) is 0 Å². The second kappa shape index (κ2) is 6.01. The maximum absolute atomic E-state index is 12.2. The van der Waals surface area contributed by atoms with Gasteiger partial charge in [-0.05, 0) is 12.5 Å². The Morgan fingerprint density at radius 1 is 1.10 bits per heavy atom. The molecule has 1 atom stereocenters. The average Bonchev–Trinajstić information content (AvgIpc) is 2.25. The van der Waals surface area contributed by atoms with E-state index in [1.807, 2.05) is 0 Å². The number of nitrogens with two attached hydrogens (primary N) is 1. The van der Waals surface area contributed by atoms with E-state index in [1.54, 1.807) is 25.1 Å².